The van der Waals surface area contributed by atoms with E-state index in [0.29, 0.717) is 12.8 Å². The van der Waals surface area contributed by atoms with Crippen molar-refractivity contribution in [3.05, 3.63) is 24.3 Å². The molecule has 0 aliphatic carbocycles. The van der Waals surface area contributed by atoms with Gasteiger partial charge in [0.05, 0.1) is 0 Å². The van der Waals surface area contributed by atoms with Gasteiger partial charge in [0.1, 0.15) is 13.2 Å². The van der Waals surface area contributed by atoms with Crippen molar-refractivity contribution < 1.29 is 31.4 Å². The van der Waals surface area contributed by atoms with Crippen LogP contribution in [-0.4, -0.2) is 13.2 Å². The average Bonchev–Trinajstić information content (AvgIpc) is 2.85. The topological polar surface area (TPSA) is 88.1 Å². The van der Waals surface area contributed by atoms with Crippen LogP contribution in [0.2, 0.25) is 0 Å². The standard InChI is InChI=1S/C26H50O7P3/c1-3-5-7-9-11-13-15-17-19-21-23-25-30-34(27)32-36(29)33-35(28)31-26-24-22-20-18-16-14-12-10-8-6-4-2/h19-22H,3-18,23-26H2,1-2H3/q+3. The minimum atomic E-state index is -2.84. The van der Waals surface area contributed by atoms with Crippen molar-refractivity contribution in [2.24, 2.45) is 0 Å². The first-order valence-electron chi connectivity index (χ1n) is 13.9. The van der Waals surface area contributed by atoms with E-state index >= 15 is 0 Å². The molecule has 0 amide bonds. The predicted octanol–water partition coefficient (Wildman–Crippen LogP) is 11.2. The Hall–Kier alpha value is -0.380. The third-order valence-electron chi connectivity index (χ3n) is 5.51. The Morgan fingerprint density at radius 3 is 1.17 bits per heavy atom. The van der Waals surface area contributed by atoms with E-state index in [0.717, 1.165) is 12.8 Å². The second-order valence-corrected chi connectivity index (χ2v) is 12.0. The van der Waals surface area contributed by atoms with E-state index in [2.05, 4.69) is 34.6 Å². The summed E-state index contributed by atoms with van der Waals surface area (Å²) in [7, 11) is -8.06. The molecule has 0 rings (SSSR count). The van der Waals surface area contributed by atoms with Crippen molar-refractivity contribution in [1.82, 2.24) is 0 Å². The highest BCUT2D eigenvalue weighted by Crippen LogP contribution is 2.46. The van der Waals surface area contributed by atoms with Crippen LogP contribution < -0.4 is 0 Å². The summed E-state index contributed by atoms with van der Waals surface area (Å²) in [4.78, 5) is 0. The normalized spacial score (nSPS) is 13.1. The molecule has 0 aromatic rings. The SMILES string of the molecule is CCCCCCCCCC=CCCO[P+](=O)O[P+](=O)O[P+](=O)OCCC=CCCCCCCCCC. The van der Waals surface area contributed by atoms with Crippen molar-refractivity contribution in [3.63, 3.8) is 0 Å². The van der Waals surface area contributed by atoms with Gasteiger partial charge < -0.3 is 0 Å². The molecule has 0 bridgehead atoms. The van der Waals surface area contributed by atoms with Gasteiger partial charge in [0.2, 0.25) is 0 Å². The van der Waals surface area contributed by atoms with Gasteiger partial charge in [-0.1, -0.05) is 115 Å². The first-order chi connectivity index (χ1) is 17.6. The first kappa shape index (κ1) is 35.6. The second kappa shape index (κ2) is 29.2. The molecule has 10 heteroatoms. The van der Waals surface area contributed by atoms with Gasteiger partial charge in [-0.25, -0.2) is 0 Å². The summed E-state index contributed by atoms with van der Waals surface area (Å²) in [6.45, 7) is 4.81. The van der Waals surface area contributed by atoms with E-state index in [1.165, 1.54) is 89.9 Å². The molecule has 0 saturated heterocycles. The fraction of sp³-hybridized carbons (Fsp3) is 0.846. The summed E-state index contributed by atoms with van der Waals surface area (Å²) < 4.78 is 54.1. The highest BCUT2D eigenvalue weighted by molar-refractivity contribution is 7.53. The third-order valence-corrected chi connectivity index (χ3v) is 8.43. The summed E-state index contributed by atoms with van der Waals surface area (Å²) in [6.07, 6.45) is 29.3. The maximum atomic E-state index is 11.7. The van der Waals surface area contributed by atoms with Gasteiger partial charge >= 0.3 is 24.8 Å². The molecule has 0 aromatic heterocycles. The largest absolute Gasteiger partial charge is 0.798 e. The lowest BCUT2D eigenvalue weighted by Crippen LogP contribution is -1.86. The molecule has 0 spiro atoms. The fourth-order valence-electron chi connectivity index (χ4n) is 3.47. The molecule has 0 saturated carbocycles. The van der Waals surface area contributed by atoms with E-state index in [1.807, 2.05) is 12.2 Å². The van der Waals surface area contributed by atoms with Crippen LogP contribution in [0.15, 0.2) is 24.3 Å². The summed E-state index contributed by atoms with van der Waals surface area (Å²) in [5, 5.41) is 0. The molecule has 0 aromatic carbocycles. The van der Waals surface area contributed by atoms with Crippen LogP contribution in [0.25, 0.3) is 0 Å². The maximum Gasteiger partial charge on any atom is 0.798 e. The van der Waals surface area contributed by atoms with Crippen molar-refractivity contribution >= 4 is 24.8 Å². The Labute approximate surface area is 223 Å². The summed E-state index contributed by atoms with van der Waals surface area (Å²) in [5.74, 6) is 0. The van der Waals surface area contributed by atoms with Crippen LogP contribution in [0, 0.1) is 0 Å². The molecule has 0 fully saturated rings. The van der Waals surface area contributed by atoms with Gasteiger partial charge in [0.15, 0.2) is 8.62 Å². The number of allylic oxidation sites excluding steroid dienone is 2. The zero-order chi connectivity index (χ0) is 26.5. The van der Waals surface area contributed by atoms with Crippen molar-refractivity contribution in [3.8, 4) is 0 Å². The minimum Gasteiger partial charge on any atom is -0.116 e. The summed E-state index contributed by atoms with van der Waals surface area (Å²) in [6, 6.07) is 0. The van der Waals surface area contributed by atoms with E-state index in [1.54, 1.807) is 0 Å². The Morgan fingerprint density at radius 1 is 0.444 bits per heavy atom. The molecule has 7 nitrogen and oxygen atoms in total. The van der Waals surface area contributed by atoms with Crippen LogP contribution in [0.4, 0.5) is 0 Å². The van der Waals surface area contributed by atoms with Gasteiger partial charge in [-0.2, -0.15) is 0 Å². The zero-order valence-electron chi connectivity index (χ0n) is 22.7. The Bertz CT molecular complexity index is 562. The lowest BCUT2D eigenvalue weighted by atomic mass is 10.1. The van der Waals surface area contributed by atoms with Gasteiger partial charge in [-0.3, -0.25) is 0 Å². The molecular weight excluding hydrogens is 517 g/mol. The summed E-state index contributed by atoms with van der Waals surface area (Å²) >= 11 is 0. The molecule has 36 heavy (non-hydrogen) atoms. The number of rotatable bonds is 28. The smallest absolute Gasteiger partial charge is 0.116 e. The molecule has 2 atom stereocenters. The Morgan fingerprint density at radius 2 is 0.778 bits per heavy atom. The Kier molecular flexibility index (Phi) is 28.9. The zero-order valence-corrected chi connectivity index (χ0v) is 25.3. The van der Waals surface area contributed by atoms with Gasteiger partial charge in [0, 0.05) is 13.7 Å². The highest BCUT2D eigenvalue weighted by atomic mass is 31.2. The number of hydrogen-bond donors (Lipinski definition) is 0. The molecule has 2 unspecified atom stereocenters. The highest BCUT2D eigenvalue weighted by Gasteiger charge is 2.49. The molecule has 208 valence electrons. The van der Waals surface area contributed by atoms with E-state index < -0.39 is 24.8 Å². The van der Waals surface area contributed by atoms with E-state index in [-0.39, 0.29) is 13.2 Å². The second-order valence-electron chi connectivity index (χ2n) is 8.84. The van der Waals surface area contributed by atoms with Crippen molar-refractivity contribution in [2.75, 3.05) is 13.2 Å². The molecule has 0 N–H and O–H groups in total. The van der Waals surface area contributed by atoms with E-state index in [4.69, 9.17) is 9.05 Å². The number of unbranched alkanes of at least 4 members (excludes halogenated alkanes) is 14. The quantitative estimate of drug-likeness (QED) is 0.0528. The van der Waals surface area contributed by atoms with Gasteiger partial charge in [-0.05, 0) is 38.5 Å². The first-order valence-corrected chi connectivity index (χ1v) is 17.2. The molecule has 0 aliphatic heterocycles. The predicted molar refractivity (Wildman–Crippen MR) is 150 cm³/mol. The molecular formula is C26H50O7P3+3. The van der Waals surface area contributed by atoms with Crippen molar-refractivity contribution in [2.45, 2.75) is 129 Å². The monoisotopic (exact) mass is 567 g/mol. The summed E-state index contributed by atoms with van der Waals surface area (Å²) in [5.41, 5.74) is 0. The lowest BCUT2D eigenvalue weighted by Gasteiger charge is -1.98. The third kappa shape index (κ3) is 28.2. The van der Waals surface area contributed by atoms with Gasteiger partial charge in [-0.15, -0.1) is 9.05 Å². The average molecular weight is 568 g/mol. The minimum absolute atomic E-state index is 0.180. The van der Waals surface area contributed by atoms with Gasteiger partial charge in [0.25, 0.3) is 0 Å². The van der Waals surface area contributed by atoms with E-state index in [9.17, 15) is 13.7 Å². The Balaban J connectivity index is 3.57. The number of hydrogen-bond acceptors (Lipinski definition) is 7. The lowest BCUT2D eigenvalue weighted by molar-refractivity contribution is 0.270. The molecule has 0 heterocycles. The maximum absolute atomic E-state index is 11.7. The van der Waals surface area contributed by atoms with Crippen LogP contribution in [0.5, 0.6) is 0 Å². The molecule has 0 aliphatic rings. The van der Waals surface area contributed by atoms with Crippen LogP contribution in [0.3, 0.4) is 0 Å². The fourth-order valence-corrected chi connectivity index (χ4v) is 5.62. The van der Waals surface area contributed by atoms with Crippen LogP contribution in [0.1, 0.15) is 129 Å². The van der Waals surface area contributed by atoms with Crippen LogP contribution in [-0.2, 0) is 31.4 Å². The van der Waals surface area contributed by atoms with Crippen molar-refractivity contribution in [1.29, 1.82) is 0 Å². The molecule has 0 radical (unpaired) electrons. The van der Waals surface area contributed by atoms with Crippen LogP contribution >= 0.6 is 24.8 Å².